The van der Waals surface area contributed by atoms with Gasteiger partial charge in [-0.2, -0.15) is 0 Å². The molecule has 4 rings (SSSR count). The van der Waals surface area contributed by atoms with Gasteiger partial charge in [0, 0.05) is 26.1 Å². The van der Waals surface area contributed by atoms with E-state index in [0.717, 1.165) is 18.4 Å². The summed E-state index contributed by atoms with van der Waals surface area (Å²) in [6.07, 6.45) is 3.13. The number of piperidine rings is 1. The van der Waals surface area contributed by atoms with Gasteiger partial charge in [0.1, 0.15) is 0 Å². The van der Waals surface area contributed by atoms with E-state index in [1.54, 1.807) is 7.05 Å². The number of carbonyl (C=O) groups is 3. The Morgan fingerprint density at radius 2 is 1.71 bits per heavy atom. The van der Waals surface area contributed by atoms with Gasteiger partial charge in [-0.25, -0.2) is 0 Å². The Hall–Kier alpha value is -2.17. The maximum atomic E-state index is 12.9. The van der Waals surface area contributed by atoms with E-state index in [2.05, 4.69) is 0 Å². The predicted molar refractivity (Wildman–Crippen MR) is 87.9 cm³/mol. The zero-order chi connectivity index (χ0) is 16.9. The molecule has 126 valence electrons. The minimum absolute atomic E-state index is 0.0835. The van der Waals surface area contributed by atoms with E-state index in [9.17, 15) is 14.4 Å². The molecule has 5 nitrogen and oxygen atoms in total. The summed E-state index contributed by atoms with van der Waals surface area (Å²) in [5, 5.41) is 0. The van der Waals surface area contributed by atoms with Gasteiger partial charge in [0.15, 0.2) is 0 Å². The van der Waals surface area contributed by atoms with Crippen molar-refractivity contribution in [2.45, 2.75) is 31.6 Å². The van der Waals surface area contributed by atoms with Gasteiger partial charge in [0.05, 0.1) is 11.3 Å². The molecule has 2 saturated heterocycles. The molecule has 0 aromatic heterocycles. The highest BCUT2D eigenvalue weighted by Gasteiger charge is 2.59. The fourth-order valence-corrected chi connectivity index (χ4v) is 4.31. The molecular weight excluding hydrogens is 304 g/mol. The van der Waals surface area contributed by atoms with Crippen LogP contribution in [0.5, 0.6) is 0 Å². The molecule has 1 unspecified atom stereocenters. The van der Waals surface area contributed by atoms with Crippen LogP contribution in [0.1, 0.15) is 37.2 Å². The second-order valence-electron chi connectivity index (χ2n) is 7.30. The predicted octanol–water partition coefficient (Wildman–Crippen LogP) is 1.79. The van der Waals surface area contributed by atoms with Crippen LogP contribution in [0, 0.1) is 11.3 Å². The van der Waals surface area contributed by atoms with Crippen LogP contribution in [0.25, 0.3) is 0 Å². The molecule has 5 heteroatoms. The Balaban J connectivity index is 1.63. The van der Waals surface area contributed by atoms with Gasteiger partial charge >= 0.3 is 0 Å². The summed E-state index contributed by atoms with van der Waals surface area (Å²) in [7, 11) is 1.58. The number of hydrogen-bond donors (Lipinski definition) is 0. The fourth-order valence-electron chi connectivity index (χ4n) is 4.31. The summed E-state index contributed by atoms with van der Waals surface area (Å²) < 4.78 is 0. The Morgan fingerprint density at radius 1 is 1.08 bits per heavy atom. The third-order valence-electron chi connectivity index (χ3n) is 5.89. The minimum Gasteiger partial charge on any atom is -0.342 e. The maximum Gasteiger partial charge on any atom is 0.237 e. The molecule has 2 heterocycles. The van der Waals surface area contributed by atoms with E-state index < -0.39 is 11.3 Å². The summed E-state index contributed by atoms with van der Waals surface area (Å²) in [6, 6.07) is 9.59. The first-order chi connectivity index (χ1) is 11.5. The van der Waals surface area contributed by atoms with Gasteiger partial charge in [-0.3, -0.25) is 19.3 Å². The summed E-state index contributed by atoms with van der Waals surface area (Å²) in [6.45, 7) is 1.15. The molecule has 3 amide bonds. The highest BCUT2D eigenvalue weighted by atomic mass is 16.2. The highest BCUT2D eigenvalue weighted by Crippen LogP contribution is 2.51. The molecule has 1 spiro atoms. The molecule has 2 aliphatic heterocycles. The number of benzene rings is 1. The summed E-state index contributed by atoms with van der Waals surface area (Å²) in [5.74, 6) is -0.193. The molecule has 1 saturated carbocycles. The summed E-state index contributed by atoms with van der Waals surface area (Å²) >= 11 is 0. The Kier molecular flexibility index (Phi) is 3.48. The van der Waals surface area contributed by atoms with Crippen LogP contribution in [0.4, 0.5) is 0 Å². The first-order valence-corrected chi connectivity index (χ1v) is 8.70. The van der Waals surface area contributed by atoms with Crippen molar-refractivity contribution in [2.24, 2.45) is 11.3 Å². The molecule has 0 N–H and O–H groups in total. The zero-order valence-electron chi connectivity index (χ0n) is 13.9. The van der Waals surface area contributed by atoms with Crippen molar-refractivity contribution in [3.05, 3.63) is 35.9 Å². The fraction of sp³-hybridized carbons (Fsp3) is 0.526. The van der Waals surface area contributed by atoms with Crippen LogP contribution >= 0.6 is 0 Å². The second kappa shape index (κ2) is 5.43. The molecule has 1 atom stereocenters. The summed E-state index contributed by atoms with van der Waals surface area (Å²) in [4.78, 5) is 41.1. The van der Waals surface area contributed by atoms with Crippen molar-refractivity contribution in [1.29, 1.82) is 0 Å². The monoisotopic (exact) mass is 326 g/mol. The van der Waals surface area contributed by atoms with Crippen LogP contribution in [0.3, 0.4) is 0 Å². The van der Waals surface area contributed by atoms with Crippen molar-refractivity contribution in [3.8, 4) is 0 Å². The number of hydrogen-bond acceptors (Lipinski definition) is 3. The first kappa shape index (κ1) is 15.4. The van der Waals surface area contributed by atoms with Gasteiger partial charge in [-0.15, -0.1) is 0 Å². The lowest BCUT2D eigenvalue weighted by molar-refractivity contribution is -0.144. The Morgan fingerprint density at radius 3 is 2.29 bits per heavy atom. The Labute approximate surface area is 141 Å². The van der Waals surface area contributed by atoms with Crippen molar-refractivity contribution in [3.63, 3.8) is 0 Å². The number of rotatable bonds is 2. The van der Waals surface area contributed by atoms with Crippen molar-refractivity contribution in [2.75, 3.05) is 20.1 Å². The van der Waals surface area contributed by atoms with E-state index in [1.165, 1.54) is 4.90 Å². The molecule has 24 heavy (non-hydrogen) atoms. The third-order valence-corrected chi connectivity index (χ3v) is 5.89. The average molecular weight is 326 g/mol. The van der Waals surface area contributed by atoms with E-state index in [1.807, 2.05) is 35.2 Å². The van der Waals surface area contributed by atoms with Gasteiger partial charge in [-0.1, -0.05) is 30.3 Å². The number of likely N-dealkylation sites (N-methyl/N-ethyl adjacent to an activating group) is 1. The zero-order valence-corrected chi connectivity index (χ0v) is 13.9. The molecule has 1 aromatic rings. The molecule has 0 bridgehead atoms. The van der Waals surface area contributed by atoms with Crippen LogP contribution in [-0.4, -0.2) is 47.7 Å². The standard InChI is InChI=1S/C19H22N2O3/c1-20-17(23)15(13-5-3-2-4-6-13)19(18(20)24)9-11-21(12-10-19)16(22)14-7-8-14/h2-6,14-15H,7-12H2,1H3. The second-order valence-corrected chi connectivity index (χ2v) is 7.30. The van der Waals surface area contributed by atoms with Gasteiger partial charge in [0.25, 0.3) is 0 Å². The number of imide groups is 1. The van der Waals surface area contributed by atoms with Gasteiger partial charge < -0.3 is 4.90 Å². The lowest BCUT2D eigenvalue weighted by Crippen LogP contribution is -2.48. The van der Waals surface area contributed by atoms with Gasteiger partial charge in [-0.05, 0) is 31.2 Å². The van der Waals surface area contributed by atoms with E-state index in [4.69, 9.17) is 0 Å². The normalized spacial score (nSPS) is 26.3. The molecule has 3 aliphatic rings. The smallest absolute Gasteiger partial charge is 0.237 e. The first-order valence-electron chi connectivity index (χ1n) is 8.70. The van der Waals surface area contributed by atoms with E-state index >= 15 is 0 Å². The number of nitrogens with zero attached hydrogens (tertiary/aromatic N) is 2. The molecule has 1 aliphatic carbocycles. The van der Waals surface area contributed by atoms with Crippen molar-refractivity contribution < 1.29 is 14.4 Å². The minimum atomic E-state index is -0.687. The third kappa shape index (κ3) is 2.18. The quantitative estimate of drug-likeness (QED) is 0.779. The average Bonchev–Trinajstić information content (AvgIpc) is 3.44. The highest BCUT2D eigenvalue weighted by molar-refractivity contribution is 6.09. The SMILES string of the molecule is CN1C(=O)C(c2ccccc2)C2(CCN(C(=O)C3CC3)CC2)C1=O. The summed E-state index contributed by atoms with van der Waals surface area (Å²) in [5.41, 5.74) is 0.218. The molecule has 3 fully saturated rings. The van der Waals surface area contributed by atoms with Crippen LogP contribution < -0.4 is 0 Å². The van der Waals surface area contributed by atoms with E-state index in [0.29, 0.717) is 25.9 Å². The topological polar surface area (TPSA) is 57.7 Å². The molecule has 1 aromatic carbocycles. The van der Waals surface area contributed by atoms with Crippen molar-refractivity contribution >= 4 is 17.7 Å². The van der Waals surface area contributed by atoms with E-state index in [-0.39, 0.29) is 23.6 Å². The molecular formula is C19H22N2O3. The lowest BCUT2D eigenvalue weighted by atomic mass is 9.67. The maximum absolute atomic E-state index is 12.9. The van der Waals surface area contributed by atoms with Crippen LogP contribution in [0.2, 0.25) is 0 Å². The number of carbonyl (C=O) groups excluding carboxylic acids is 3. The molecule has 0 radical (unpaired) electrons. The lowest BCUT2D eigenvalue weighted by Gasteiger charge is -2.40. The van der Waals surface area contributed by atoms with Crippen molar-refractivity contribution in [1.82, 2.24) is 9.80 Å². The number of amides is 3. The van der Waals surface area contributed by atoms with Gasteiger partial charge in [0.2, 0.25) is 17.7 Å². The number of likely N-dealkylation sites (tertiary alicyclic amines) is 2. The van der Waals surface area contributed by atoms with Crippen LogP contribution in [0.15, 0.2) is 30.3 Å². The largest absolute Gasteiger partial charge is 0.342 e. The Bertz CT molecular complexity index is 688. The van der Waals surface area contributed by atoms with Crippen LogP contribution in [-0.2, 0) is 14.4 Å².